The van der Waals surface area contributed by atoms with Crippen molar-refractivity contribution in [1.82, 2.24) is 14.6 Å². The second kappa shape index (κ2) is 11.8. The minimum atomic E-state index is -0.0598. The largest absolute Gasteiger partial charge is 0.353 e. The lowest BCUT2D eigenvalue weighted by Gasteiger charge is -2.35. The quantitative estimate of drug-likeness (QED) is 0.324. The molecule has 0 aliphatic carbocycles. The summed E-state index contributed by atoms with van der Waals surface area (Å²) < 4.78 is 5.99. The molecule has 0 spiro atoms. The molecule has 37 heavy (non-hydrogen) atoms. The number of fused-ring (bicyclic) bond motifs is 1. The van der Waals surface area contributed by atoms with Gasteiger partial charge in [0.1, 0.15) is 5.82 Å². The van der Waals surface area contributed by atoms with Crippen LogP contribution in [0.1, 0.15) is 25.0 Å². The molecule has 0 radical (unpaired) electrons. The molecule has 0 saturated carbocycles. The van der Waals surface area contributed by atoms with E-state index in [1.807, 2.05) is 41.3 Å². The van der Waals surface area contributed by atoms with Crippen LogP contribution < -0.4 is 15.1 Å². The number of urea groups is 1. The van der Waals surface area contributed by atoms with Gasteiger partial charge in [0.15, 0.2) is 0 Å². The average Bonchev–Trinajstić information content (AvgIpc) is 3.36. The van der Waals surface area contributed by atoms with E-state index >= 15 is 0 Å². The fraction of sp³-hybridized carbons (Fsp3) is 0.333. The van der Waals surface area contributed by atoms with Gasteiger partial charge in [0.2, 0.25) is 0 Å². The van der Waals surface area contributed by atoms with E-state index < -0.39 is 0 Å². The van der Waals surface area contributed by atoms with E-state index in [4.69, 9.17) is 4.37 Å². The summed E-state index contributed by atoms with van der Waals surface area (Å²) in [5.41, 5.74) is 3.30. The first kappa shape index (κ1) is 25.2. The van der Waals surface area contributed by atoms with Gasteiger partial charge < -0.3 is 10.2 Å². The second-order valence-electron chi connectivity index (χ2n) is 9.82. The molecule has 3 aromatic carbocycles. The van der Waals surface area contributed by atoms with Crippen molar-refractivity contribution in [3.05, 3.63) is 90.0 Å². The number of rotatable bonds is 8. The van der Waals surface area contributed by atoms with Crippen LogP contribution in [-0.2, 0) is 13.0 Å². The van der Waals surface area contributed by atoms with Gasteiger partial charge in [-0.15, -0.1) is 0 Å². The first-order valence-corrected chi connectivity index (χ1v) is 13.9. The van der Waals surface area contributed by atoms with Crippen LogP contribution in [0.15, 0.2) is 78.9 Å². The Morgan fingerprint density at radius 1 is 0.946 bits per heavy atom. The number of anilines is 2. The number of carbonyl (C=O) groups excluding carboxylic acids is 1. The second-order valence-corrected chi connectivity index (χ2v) is 10.6. The van der Waals surface area contributed by atoms with Crippen LogP contribution >= 0.6 is 11.5 Å². The number of nitrogens with zero attached hydrogens (tertiary/aromatic N) is 4. The SMILES string of the molecule is CC(C)N(C(=O)NCc1ccccc1)c1ccccc1CCN1CCN(c2nsc3ccccc23)CC1. The number of carbonyl (C=O) groups is 1. The lowest BCUT2D eigenvalue weighted by atomic mass is 10.1. The maximum atomic E-state index is 13.3. The number of aromatic nitrogens is 1. The average molecular weight is 514 g/mol. The van der Waals surface area contributed by atoms with E-state index in [1.165, 1.54) is 15.6 Å². The normalized spacial score (nSPS) is 14.3. The molecular formula is C30H35N5OS. The Morgan fingerprint density at radius 2 is 1.65 bits per heavy atom. The van der Waals surface area contributed by atoms with Crippen LogP contribution in [0.4, 0.5) is 16.3 Å². The van der Waals surface area contributed by atoms with E-state index in [1.54, 1.807) is 11.5 Å². The zero-order valence-corrected chi connectivity index (χ0v) is 22.5. The fourth-order valence-corrected chi connectivity index (χ4v) is 5.80. The Hall–Kier alpha value is -3.42. The molecule has 2 amide bonds. The van der Waals surface area contributed by atoms with E-state index in [9.17, 15) is 4.79 Å². The summed E-state index contributed by atoms with van der Waals surface area (Å²) in [5, 5.41) is 4.37. The highest BCUT2D eigenvalue weighted by atomic mass is 32.1. The van der Waals surface area contributed by atoms with Gasteiger partial charge in [-0.05, 0) is 61.1 Å². The number of amides is 2. The third kappa shape index (κ3) is 5.95. The zero-order chi connectivity index (χ0) is 25.6. The van der Waals surface area contributed by atoms with Crippen molar-refractivity contribution >= 4 is 39.2 Å². The summed E-state index contributed by atoms with van der Waals surface area (Å²) in [6.07, 6.45) is 0.908. The smallest absolute Gasteiger partial charge is 0.322 e. The molecule has 7 heteroatoms. The molecule has 1 fully saturated rings. The van der Waals surface area contributed by atoms with Crippen LogP contribution in [0.2, 0.25) is 0 Å². The van der Waals surface area contributed by atoms with Gasteiger partial charge in [0.05, 0.1) is 4.70 Å². The van der Waals surface area contributed by atoms with E-state index in [0.29, 0.717) is 6.54 Å². The number of benzene rings is 3. The third-order valence-electron chi connectivity index (χ3n) is 7.00. The molecular weight excluding hydrogens is 478 g/mol. The van der Waals surface area contributed by atoms with Crippen molar-refractivity contribution in [2.45, 2.75) is 32.9 Å². The molecule has 2 heterocycles. The number of piperazine rings is 1. The molecule has 6 nitrogen and oxygen atoms in total. The molecule has 1 saturated heterocycles. The van der Waals surface area contributed by atoms with E-state index in [-0.39, 0.29) is 12.1 Å². The lowest BCUT2D eigenvalue weighted by molar-refractivity contribution is 0.244. The van der Waals surface area contributed by atoms with Gasteiger partial charge in [-0.3, -0.25) is 9.80 Å². The molecule has 5 rings (SSSR count). The van der Waals surface area contributed by atoms with Crippen LogP contribution in [0.5, 0.6) is 0 Å². The maximum absolute atomic E-state index is 13.3. The predicted octanol–water partition coefficient (Wildman–Crippen LogP) is 5.79. The van der Waals surface area contributed by atoms with Gasteiger partial charge in [0.25, 0.3) is 0 Å². The highest BCUT2D eigenvalue weighted by molar-refractivity contribution is 7.13. The van der Waals surface area contributed by atoms with Gasteiger partial charge in [-0.25, -0.2) is 4.79 Å². The number of hydrogen-bond donors (Lipinski definition) is 1. The minimum absolute atomic E-state index is 0.0494. The van der Waals surface area contributed by atoms with Crippen molar-refractivity contribution in [3.8, 4) is 0 Å². The summed E-state index contributed by atoms with van der Waals surface area (Å²) in [5.74, 6) is 1.12. The summed E-state index contributed by atoms with van der Waals surface area (Å²) >= 11 is 1.58. The lowest BCUT2D eigenvalue weighted by Crippen LogP contribution is -2.47. The topological polar surface area (TPSA) is 51.7 Å². The molecule has 4 aromatic rings. The van der Waals surface area contributed by atoms with Crippen molar-refractivity contribution in [1.29, 1.82) is 0 Å². The van der Waals surface area contributed by atoms with Gasteiger partial charge >= 0.3 is 6.03 Å². The molecule has 192 valence electrons. The zero-order valence-electron chi connectivity index (χ0n) is 21.6. The number of hydrogen-bond acceptors (Lipinski definition) is 5. The van der Waals surface area contributed by atoms with Crippen LogP contribution in [0, 0.1) is 0 Å². The molecule has 0 bridgehead atoms. The van der Waals surface area contributed by atoms with Gasteiger partial charge in [-0.1, -0.05) is 60.7 Å². The standard InChI is InChI=1S/C30H35N5OS/c1-23(2)35(30(36)31-22-24-10-4-3-5-11-24)27-14-8-6-12-25(27)16-17-33-18-20-34(21-19-33)29-26-13-7-9-15-28(26)37-32-29/h3-15,23H,16-22H2,1-2H3,(H,31,36). The Labute approximate surface area is 223 Å². The molecule has 0 atom stereocenters. The third-order valence-corrected chi connectivity index (χ3v) is 7.82. The predicted molar refractivity (Wildman–Crippen MR) is 155 cm³/mol. The monoisotopic (exact) mass is 513 g/mol. The summed E-state index contributed by atoms with van der Waals surface area (Å²) in [4.78, 5) is 20.1. The number of nitrogens with one attached hydrogen (secondary N) is 1. The molecule has 1 aliphatic rings. The van der Waals surface area contributed by atoms with Crippen LogP contribution in [0.25, 0.3) is 10.1 Å². The summed E-state index contributed by atoms with van der Waals surface area (Å²) in [7, 11) is 0. The minimum Gasteiger partial charge on any atom is -0.353 e. The fourth-order valence-electron chi connectivity index (χ4n) is 5.00. The first-order valence-electron chi connectivity index (χ1n) is 13.1. The van der Waals surface area contributed by atoms with Crippen LogP contribution in [0.3, 0.4) is 0 Å². The van der Waals surface area contributed by atoms with Crippen molar-refractivity contribution in [2.24, 2.45) is 0 Å². The van der Waals surface area contributed by atoms with Gasteiger partial charge in [0, 0.05) is 56.4 Å². The Kier molecular flexibility index (Phi) is 8.02. The Balaban J connectivity index is 1.20. The molecule has 0 unspecified atom stereocenters. The first-order chi connectivity index (χ1) is 18.1. The van der Waals surface area contributed by atoms with E-state index in [0.717, 1.165) is 56.2 Å². The van der Waals surface area contributed by atoms with Crippen molar-refractivity contribution < 1.29 is 4.79 Å². The van der Waals surface area contributed by atoms with Gasteiger partial charge in [-0.2, -0.15) is 4.37 Å². The molecule has 1 aliphatic heterocycles. The van der Waals surface area contributed by atoms with Crippen molar-refractivity contribution in [3.63, 3.8) is 0 Å². The molecule has 1 aromatic heterocycles. The maximum Gasteiger partial charge on any atom is 0.322 e. The Morgan fingerprint density at radius 3 is 2.43 bits per heavy atom. The van der Waals surface area contributed by atoms with Crippen LogP contribution in [-0.4, -0.2) is 54.1 Å². The summed E-state index contributed by atoms with van der Waals surface area (Å²) in [6.45, 7) is 9.62. The Bertz CT molecular complexity index is 1310. The van der Waals surface area contributed by atoms with E-state index in [2.05, 4.69) is 71.4 Å². The molecule has 1 N–H and O–H groups in total. The highest BCUT2D eigenvalue weighted by Crippen LogP contribution is 2.30. The highest BCUT2D eigenvalue weighted by Gasteiger charge is 2.23. The summed E-state index contributed by atoms with van der Waals surface area (Å²) in [6, 6.07) is 26.9. The number of para-hydroxylation sites is 1. The van der Waals surface area contributed by atoms with Crippen molar-refractivity contribution in [2.75, 3.05) is 42.5 Å².